The summed E-state index contributed by atoms with van der Waals surface area (Å²) in [6.45, 7) is 1.72. The first-order valence-electron chi connectivity index (χ1n) is 9.25. The fraction of sp³-hybridized carbons (Fsp3) is 0.526. The normalized spacial score (nSPS) is 25.7. The first-order valence-corrected chi connectivity index (χ1v) is 9.25. The first-order chi connectivity index (χ1) is 12.5. The van der Waals surface area contributed by atoms with Crippen LogP contribution in [0.25, 0.3) is 0 Å². The molecular formula is C19H24N4O3. The molecular weight excluding hydrogens is 332 g/mol. The molecule has 0 bridgehead atoms. The molecule has 2 fully saturated rings. The third kappa shape index (κ3) is 2.58. The highest BCUT2D eigenvalue weighted by molar-refractivity contribution is 6.09. The Hall–Kier alpha value is -2.41. The molecule has 26 heavy (non-hydrogen) atoms. The van der Waals surface area contributed by atoms with Crippen molar-refractivity contribution in [1.29, 1.82) is 0 Å². The van der Waals surface area contributed by atoms with Crippen LogP contribution >= 0.6 is 0 Å². The van der Waals surface area contributed by atoms with Crippen LogP contribution in [0.5, 0.6) is 0 Å². The Kier molecular flexibility index (Phi) is 4.19. The Morgan fingerprint density at radius 2 is 1.96 bits per heavy atom. The third-order valence-corrected chi connectivity index (χ3v) is 6.02. The lowest BCUT2D eigenvalue weighted by Crippen LogP contribution is -2.47. The molecule has 1 aromatic carbocycles. The molecule has 0 aromatic heterocycles. The van der Waals surface area contributed by atoms with E-state index < -0.39 is 11.6 Å². The lowest BCUT2D eigenvalue weighted by Gasteiger charge is -2.32. The van der Waals surface area contributed by atoms with Crippen molar-refractivity contribution in [1.82, 2.24) is 15.1 Å². The fourth-order valence-electron chi connectivity index (χ4n) is 4.39. The van der Waals surface area contributed by atoms with E-state index in [-0.39, 0.29) is 18.4 Å². The SMILES string of the molecule is NCC1CCN(C(=O)CN2C(=O)NC3(CCc4ccccc43)C2=O)CC1. The van der Waals surface area contributed by atoms with Crippen LogP contribution in [0.4, 0.5) is 4.79 Å². The van der Waals surface area contributed by atoms with Crippen LogP contribution in [0.1, 0.15) is 30.4 Å². The molecule has 7 nitrogen and oxygen atoms in total. The Morgan fingerprint density at radius 3 is 2.69 bits per heavy atom. The van der Waals surface area contributed by atoms with Crippen LogP contribution in [0.2, 0.25) is 0 Å². The van der Waals surface area contributed by atoms with Crippen LogP contribution in [-0.4, -0.2) is 53.8 Å². The number of nitrogens with one attached hydrogen (secondary N) is 1. The highest BCUT2D eigenvalue weighted by atomic mass is 16.2. The number of hydrogen-bond donors (Lipinski definition) is 2. The molecule has 0 saturated carbocycles. The van der Waals surface area contributed by atoms with Crippen LogP contribution < -0.4 is 11.1 Å². The maximum atomic E-state index is 13.1. The molecule has 1 aliphatic carbocycles. The van der Waals surface area contributed by atoms with Gasteiger partial charge in [0.25, 0.3) is 5.91 Å². The van der Waals surface area contributed by atoms with E-state index in [0.717, 1.165) is 35.3 Å². The van der Waals surface area contributed by atoms with E-state index in [0.29, 0.717) is 32.0 Å². The van der Waals surface area contributed by atoms with E-state index in [4.69, 9.17) is 5.73 Å². The number of urea groups is 1. The van der Waals surface area contributed by atoms with Crippen LogP contribution in [0.3, 0.4) is 0 Å². The molecule has 1 unspecified atom stereocenters. The number of rotatable bonds is 3. The van der Waals surface area contributed by atoms with Gasteiger partial charge in [0.2, 0.25) is 5.91 Å². The molecule has 0 radical (unpaired) electrons. The molecule has 2 aliphatic heterocycles. The topological polar surface area (TPSA) is 95.7 Å². The van der Waals surface area contributed by atoms with Gasteiger partial charge >= 0.3 is 6.03 Å². The number of benzene rings is 1. The lowest BCUT2D eigenvalue weighted by molar-refractivity contribution is -0.139. The Labute approximate surface area is 152 Å². The summed E-state index contributed by atoms with van der Waals surface area (Å²) in [5.74, 6) is -0.0287. The predicted octanol–water partition coefficient (Wildman–Crippen LogP) is 0.577. The van der Waals surface area contributed by atoms with Crippen molar-refractivity contribution in [3.05, 3.63) is 35.4 Å². The Balaban J connectivity index is 1.48. The van der Waals surface area contributed by atoms with E-state index in [1.807, 2.05) is 24.3 Å². The number of aryl methyl sites for hydroxylation is 1. The Morgan fingerprint density at radius 1 is 1.23 bits per heavy atom. The molecule has 4 rings (SSSR count). The second-order valence-corrected chi connectivity index (χ2v) is 7.44. The average molecular weight is 356 g/mol. The van der Waals surface area contributed by atoms with Gasteiger partial charge in [0.15, 0.2) is 0 Å². The number of piperidine rings is 1. The molecule has 2 heterocycles. The van der Waals surface area contributed by atoms with E-state index in [9.17, 15) is 14.4 Å². The van der Waals surface area contributed by atoms with Gasteiger partial charge in [0, 0.05) is 13.1 Å². The minimum atomic E-state index is -1.000. The number of carbonyl (C=O) groups is 3. The molecule has 138 valence electrons. The van der Waals surface area contributed by atoms with Gasteiger partial charge in [0.1, 0.15) is 12.1 Å². The lowest BCUT2D eigenvalue weighted by atomic mass is 9.92. The van der Waals surface area contributed by atoms with Gasteiger partial charge in [-0.1, -0.05) is 24.3 Å². The zero-order valence-electron chi connectivity index (χ0n) is 14.7. The summed E-state index contributed by atoms with van der Waals surface area (Å²) in [5.41, 5.74) is 6.63. The molecule has 1 atom stereocenters. The number of likely N-dealkylation sites (tertiary alicyclic amines) is 1. The fourth-order valence-corrected chi connectivity index (χ4v) is 4.39. The number of carbonyl (C=O) groups excluding carboxylic acids is 3. The number of nitrogens with zero attached hydrogens (tertiary/aromatic N) is 2. The van der Waals surface area contributed by atoms with E-state index in [2.05, 4.69) is 5.32 Å². The average Bonchev–Trinajstić information content (AvgIpc) is 3.15. The van der Waals surface area contributed by atoms with Crippen LogP contribution in [0, 0.1) is 5.92 Å². The van der Waals surface area contributed by atoms with Gasteiger partial charge < -0.3 is 16.0 Å². The second kappa shape index (κ2) is 6.39. The van der Waals surface area contributed by atoms with Crippen molar-refractivity contribution in [3.63, 3.8) is 0 Å². The van der Waals surface area contributed by atoms with E-state index >= 15 is 0 Å². The molecule has 7 heteroatoms. The number of fused-ring (bicyclic) bond motifs is 2. The van der Waals surface area contributed by atoms with Crippen molar-refractivity contribution in [3.8, 4) is 0 Å². The molecule has 3 aliphatic rings. The Bertz CT molecular complexity index is 757. The maximum absolute atomic E-state index is 13.1. The summed E-state index contributed by atoms with van der Waals surface area (Å²) in [7, 11) is 0. The first kappa shape index (κ1) is 17.0. The summed E-state index contributed by atoms with van der Waals surface area (Å²) < 4.78 is 0. The zero-order chi connectivity index (χ0) is 18.3. The quantitative estimate of drug-likeness (QED) is 0.774. The number of amides is 4. The maximum Gasteiger partial charge on any atom is 0.325 e. The van der Waals surface area contributed by atoms with Gasteiger partial charge in [0.05, 0.1) is 0 Å². The number of imide groups is 1. The molecule has 4 amide bonds. The smallest absolute Gasteiger partial charge is 0.325 e. The minimum absolute atomic E-state index is 0.174. The van der Waals surface area contributed by atoms with Gasteiger partial charge in [-0.15, -0.1) is 0 Å². The molecule has 2 saturated heterocycles. The van der Waals surface area contributed by atoms with Gasteiger partial charge in [-0.05, 0) is 49.3 Å². The molecule has 1 spiro atoms. The van der Waals surface area contributed by atoms with Crippen molar-refractivity contribution < 1.29 is 14.4 Å². The largest absolute Gasteiger partial charge is 0.341 e. The minimum Gasteiger partial charge on any atom is -0.341 e. The second-order valence-electron chi connectivity index (χ2n) is 7.44. The number of hydrogen-bond acceptors (Lipinski definition) is 4. The summed E-state index contributed by atoms with van der Waals surface area (Å²) in [6.07, 6.45) is 3.04. The van der Waals surface area contributed by atoms with Crippen molar-refractivity contribution in [2.75, 3.05) is 26.2 Å². The van der Waals surface area contributed by atoms with Gasteiger partial charge in [-0.3, -0.25) is 14.5 Å². The zero-order valence-corrected chi connectivity index (χ0v) is 14.7. The van der Waals surface area contributed by atoms with Crippen LogP contribution in [-0.2, 0) is 21.5 Å². The van der Waals surface area contributed by atoms with Crippen molar-refractivity contribution in [2.24, 2.45) is 11.7 Å². The van der Waals surface area contributed by atoms with E-state index in [1.165, 1.54) is 0 Å². The van der Waals surface area contributed by atoms with E-state index in [1.54, 1.807) is 4.90 Å². The molecule has 1 aromatic rings. The summed E-state index contributed by atoms with van der Waals surface area (Å²) in [6, 6.07) is 7.21. The highest BCUT2D eigenvalue weighted by Crippen LogP contribution is 2.41. The monoisotopic (exact) mass is 356 g/mol. The predicted molar refractivity (Wildman–Crippen MR) is 95.0 cm³/mol. The molecule has 3 N–H and O–H groups in total. The summed E-state index contributed by atoms with van der Waals surface area (Å²) in [5, 5.41) is 2.86. The van der Waals surface area contributed by atoms with Crippen molar-refractivity contribution in [2.45, 2.75) is 31.2 Å². The van der Waals surface area contributed by atoms with Gasteiger partial charge in [-0.2, -0.15) is 0 Å². The number of nitrogens with two attached hydrogens (primary N) is 1. The highest BCUT2D eigenvalue weighted by Gasteiger charge is 2.55. The van der Waals surface area contributed by atoms with Crippen LogP contribution in [0.15, 0.2) is 24.3 Å². The summed E-state index contributed by atoms with van der Waals surface area (Å²) >= 11 is 0. The standard InChI is InChI=1S/C19H24N4O3/c20-11-13-6-9-22(10-7-13)16(24)12-23-17(25)19(21-18(23)26)8-5-14-3-1-2-4-15(14)19/h1-4,13H,5-12,20H2,(H,21,26). The summed E-state index contributed by atoms with van der Waals surface area (Å²) in [4.78, 5) is 41.0. The van der Waals surface area contributed by atoms with Crippen molar-refractivity contribution >= 4 is 17.8 Å². The third-order valence-electron chi connectivity index (χ3n) is 6.02. The van der Waals surface area contributed by atoms with Gasteiger partial charge in [-0.25, -0.2) is 4.79 Å².